The van der Waals surface area contributed by atoms with Gasteiger partial charge in [0.1, 0.15) is 11.6 Å². The van der Waals surface area contributed by atoms with Gasteiger partial charge in [-0.05, 0) is 12.1 Å². The third kappa shape index (κ3) is 1.72. The summed E-state index contributed by atoms with van der Waals surface area (Å²) >= 11 is 0. The van der Waals surface area contributed by atoms with Crippen molar-refractivity contribution in [3.8, 4) is 5.75 Å². The molecule has 1 atom stereocenters. The van der Waals surface area contributed by atoms with Crippen molar-refractivity contribution in [2.24, 2.45) is 0 Å². The highest BCUT2D eigenvalue weighted by Crippen LogP contribution is 2.28. The monoisotopic (exact) mass is 210 g/mol. The lowest BCUT2D eigenvalue weighted by molar-refractivity contribution is 0.247. The molecule has 1 aromatic rings. The van der Waals surface area contributed by atoms with E-state index in [4.69, 9.17) is 4.74 Å². The molecule has 1 aromatic carbocycles. The first-order valence-electron chi connectivity index (χ1n) is 4.59. The number of methoxy groups -OCH3 is 1. The number of hydrogen-bond donors (Lipinski definition) is 2. The smallest absolute Gasteiger partial charge is 0.315 e. The Balaban J connectivity index is 2.37. The normalized spacial score (nSPS) is 19.6. The van der Waals surface area contributed by atoms with Gasteiger partial charge >= 0.3 is 6.03 Å². The molecule has 1 aliphatic heterocycles. The van der Waals surface area contributed by atoms with E-state index >= 15 is 0 Å². The SMILES string of the molecule is COc1cccc(F)c1[C@@H]1CNC(=O)N1. The van der Waals surface area contributed by atoms with Gasteiger partial charge < -0.3 is 15.4 Å². The van der Waals surface area contributed by atoms with E-state index in [0.29, 0.717) is 17.9 Å². The van der Waals surface area contributed by atoms with E-state index in [2.05, 4.69) is 10.6 Å². The molecule has 80 valence electrons. The van der Waals surface area contributed by atoms with Crippen LogP contribution in [0.3, 0.4) is 0 Å². The summed E-state index contributed by atoms with van der Waals surface area (Å²) in [5.41, 5.74) is 0.387. The third-order valence-electron chi connectivity index (χ3n) is 2.35. The minimum Gasteiger partial charge on any atom is -0.496 e. The first kappa shape index (κ1) is 9.76. The van der Waals surface area contributed by atoms with E-state index in [1.165, 1.54) is 13.2 Å². The average molecular weight is 210 g/mol. The second-order valence-corrected chi connectivity index (χ2v) is 3.26. The molecule has 1 heterocycles. The largest absolute Gasteiger partial charge is 0.496 e. The number of benzene rings is 1. The van der Waals surface area contributed by atoms with Crippen LogP contribution >= 0.6 is 0 Å². The second kappa shape index (κ2) is 3.76. The lowest BCUT2D eigenvalue weighted by Crippen LogP contribution is -2.22. The van der Waals surface area contributed by atoms with E-state index in [1.807, 2.05) is 0 Å². The lowest BCUT2D eigenvalue weighted by atomic mass is 10.1. The fourth-order valence-electron chi connectivity index (χ4n) is 1.66. The van der Waals surface area contributed by atoms with Gasteiger partial charge in [-0.15, -0.1) is 0 Å². The van der Waals surface area contributed by atoms with Gasteiger partial charge in [0.15, 0.2) is 0 Å². The van der Waals surface area contributed by atoms with Crippen molar-refractivity contribution in [1.82, 2.24) is 10.6 Å². The number of rotatable bonds is 2. The van der Waals surface area contributed by atoms with Gasteiger partial charge in [-0.2, -0.15) is 0 Å². The Hall–Kier alpha value is -1.78. The molecular formula is C10H11FN2O2. The molecule has 1 fully saturated rings. The molecule has 0 aromatic heterocycles. The highest BCUT2D eigenvalue weighted by Gasteiger charge is 2.26. The van der Waals surface area contributed by atoms with Crippen LogP contribution in [0.5, 0.6) is 5.75 Å². The van der Waals surface area contributed by atoms with Gasteiger partial charge in [-0.3, -0.25) is 0 Å². The van der Waals surface area contributed by atoms with Crippen molar-refractivity contribution in [2.45, 2.75) is 6.04 Å². The first-order chi connectivity index (χ1) is 7.22. The highest BCUT2D eigenvalue weighted by atomic mass is 19.1. The maximum atomic E-state index is 13.6. The van der Waals surface area contributed by atoms with Gasteiger partial charge in [-0.1, -0.05) is 6.07 Å². The second-order valence-electron chi connectivity index (χ2n) is 3.26. The summed E-state index contributed by atoms with van der Waals surface area (Å²) in [7, 11) is 1.47. The molecule has 0 spiro atoms. The molecule has 2 N–H and O–H groups in total. The van der Waals surface area contributed by atoms with Crippen LogP contribution in [0.2, 0.25) is 0 Å². The molecule has 0 aliphatic carbocycles. The molecule has 2 amide bonds. The Morgan fingerprint density at radius 2 is 2.33 bits per heavy atom. The molecule has 1 aliphatic rings. The first-order valence-corrected chi connectivity index (χ1v) is 4.59. The van der Waals surface area contributed by atoms with Crippen LogP contribution in [0, 0.1) is 5.82 Å². The molecule has 0 unspecified atom stereocenters. The predicted octanol–water partition coefficient (Wildman–Crippen LogP) is 1.19. The van der Waals surface area contributed by atoms with Crippen molar-refractivity contribution in [3.05, 3.63) is 29.6 Å². The minimum absolute atomic E-state index is 0.287. The van der Waals surface area contributed by atoms with Gasteiger partial charge in [-0.25, -0.2) is 9.18 Å². The van der Waals surface area contributed by atoms with Crippen LogP contribution in [-0.4, -0.2) is 19.7 Å². The lowest BCUT2D eigenvalue weighted by Gasteiger charge is -2.14. The number of halogens is 1. The average Bonchev–Trinajstić information content (AvgIpc) is 2.64. The Morgan fingerprint density at radius 1 is 1.53 bits per heavy atom. The van der Waals surface area contributed by atoms with Crippen LogP contribution in [0.1, 0.15) is 11.6 Å². The summed E-state index contributed by atoms with van der Waals surface area (Å²) in [6, 6.07) is 3.94. The summed E-state index contributed by atoms with van der Waals surface area (Å²) in [5.74, 6) is 0.0763. The van der Waals surface area contributed by atoms with Crippen molar-refractivity contribution in [3.63, 3.8) is 0 Å². The van der Waals surface area contributed by atoms with Crippen molar-refractivity contribution in [2.75, 3.05) is 13.7 Å². The third-order valence-corrected chi connectivity index (χ3v) is 2.35. The fourth-order valence-corrected chi connectivity index (χ4v) is 1.66. The Kier molecular flexibility index (Phi) is 2.45. The van der Waals surface area contributed by atoms with Crippen LogP contribution in [-0.2, 0) is 0 Å². The molecule has 0 bridgehead atoms. The Morgan fingerprint density at radius 3 is 2.93 bits per heavy atom. The zero-order chi connectivity index (χ0) is 10.8. The van der Waals surface area contributed by atoms with E-state index in [1.54, 1.807) is 12.1 Å². The van der Waals surface area contributed by atoms with Crippen molar-refractivity contribution in [1.29, 1.82) is 0 Å². The molecule has 2 rings (SSSR count). The molecule has 1 saturated heterocycles. The summed E-state index contributed by atoms with van der Waals surface area (Å²) in [6.45, 7) is 0.371. The number of carbonyl (C=O) groups is 1. The Bertz CT molecular complexity index is 395. The highest BCUT2D eigenvalue weighted by molar-refractivity contribution is 5.77. The van der Waals surface area contributed by atoms with Gasteiger partial charge in [0, 0.05) is 6.54 Å². The van der Waals surface area contributed by atoms with E-state index < -0.39 is 0 Å². The van der Waals surface area contributed by atoms with Gasteiger partial charge in [0.25, 0.3) is 0 Å². The van der Waals surface area contributed by atoms with Crippen molar-refractivity contribution < 1.29 is 13.9 Å². The van der Waals surface area contributed by atoms with Crippen LogP contribution in [0.25, 0.3) is 0 Å². The number of urea groups is 1. The van der Waals surface area contributed by atoms with Gasteiger partial charge in [0.05, 0.1) is 18.7 Å². The molecule has 15 heavy (non-hydrogen) atoms. The minimum atomic E-state index is -0.372. The molecule has 4 nitrogen and oxygen atoms in total. The number of hydrogen-bond acceptors (Lipinski definition) is 2. The van der Waals surface area contributed by atoms with Crippen molar-refractivity contribution >= 4 is 6.03 Å². The number of ether oxygens (including phenoxy) is 1. The van der Waals surface area contributed by atoms with Crippen LogP contribution in [0.4, 0.5) is 9.18 Å². The van der Waals surface area contributed by atoms with Crippen LogP contribution in [0.15, 0.2) is 18.2 Å². The summed E-state index contributed by atoms with van der Waals surface area (Å²) < 4.78 is 18.6. The number of nitrogens with one attached hydrogen (secondary N) is 2. The summed E-state index contributed by atoms with van der Waals surface area (Å²) in [4.78, 5) is 11.0. The zero-order valence-corrected chi connectivity index (χ0v) is 8.21. The molecule has 0 saturated carbocycles. The molecular weight excluding hydrogens is 199 g/mol. The van der Waals surface area contributed by atoms with Gasteiger partial charge in [0.2, 0.25) is 0 Å². The van der Waals surface area contributed by atoms with Crippen LogP contribution < -0.4 is 15.4 Å². The van der Waals surface area contributed by atoms with E-state index in [0.717, 1.165) is 0 Å². The summed E-state index contributed by atoms with van der Waals surface area (Å²) in [5, 5.41) is 5.19. The maximum Gasteiger partial charge on any atom is 0.315 e. The zero-order valence-electron chi connectivity index (χ0n) is 8.21. The number of carbonyl (C=O) groups excluding carboxylic acids is 1. The topological polar surface area (TPSA) is 50.4 Å². The Labute approximate surface area is 86.4 Å². The quantitative estimate of drug-likeness (QED) is 0.770. The fraction of sp³-hybridized carbons (Fsp3) is 0.300. The van der Waals surface area contributed by atoms with E-state index in [-0.39, 0.29) is 17.9 Å². The molecule has 0 radical (unpaired) electrons. The maximum absolute atomic E-state index is 13.6. The predicted molar refractivity (Wildman–Crippen MR) is 52.2 cm³/mol. The molecule has 5 heteroatoms. The van der Waals surface area contributed by atoms with E-state index in [9.17, 15) is 9.18 Å². The number of amides is 2. The standard InChI is InChI=1S/C10H11FN2O2/c1-15-8-4-2-3-6(11)9(8)7-5-12-10(14)13-7/h2-4,7H,5H2,1H3,(H2,12,13,14)/t7-/m0/s1. The summed E-state index contributed by atoms with van der Waals surface area (Å²) in [6.07, 6.45) is 0.